The minimum atomic E-state index is -0.436. The number of amides is 1. The molecule has 22 heavy (non-hydrogen) atoms. The molecule has 0 aromatic heterocycles. The average molecular weight is 295 g/mol. The Labute approximate surface area is 129 Å². The second-order valence-corrected chi connectivity index (χ2v) is 4.80. The smallest absolute Gasteiger partial charge is 0.330 e. The minimum Gasteiger partial charge on any atom is -0.466 e. The first-order valence-corrected chi connectivity index (χ1v) is 6.82. The monoisotopic (exact) mass is 295 g/mol. The summed E-state index contributed by atoms with van der Waals surface area (Å²) >= 11 is 0. The predicted molar refractivity (Wildman–Crippen MR) is 86.6 cm³/mol. The van der Waals surface area contributed by atoms with Gasteiger partial charge in [-0.3, -0.25) is 4.79 Å². The van der Waals surface area contributed by atoms with Crippen LogP contribution in [0.4, 0.5) is 5.69 Å². The Morgan fingerprint density at radius 2 is 1.82 bits per heavy atom. The van der Waals surface area contributed by atoms with Crippen LogP contribution in [0.15, 0.2) is 54.6 Å². The maximum Gasteiger partial charge on any atom is 0.330 e. The van der Waals surface area contributed by atoms with Crippen molar-refractivity contribution >= 4 is 23.6 Å². The van der Waals surface area contributed by atoms with Crippen LogP contribution in [0, 0.1) is 6.92 Å². The van der Waals surface area contributed by atoms with Crippen molar-refractivity contribution in [2.45, 2.75) is 6.92 Å². The van der Waals surface area contributed by atoms with Crippen molar-refractivity contribution < 1.29 is 14.3 Å². The predicted octanol–water partition coefficient (Wildman–Crippen LogP) is 3.43. The first-order valence-electron chi connectivity index (χ1n) is 6.82. The largest absolute Gasteiger partial charge is 0.466 e. The topological polar surface area (TPSA) is 55.4 Å². The van der Waals surface area contributed by atoms with Gasteiger partial charge in [0, 0.05) is 17.3 Å². The molecule has 0 saturated heterocycles. The zero-order chi connectivity index (χ0) is 15.9. The first-order chi connectivity index (χ1) is 10.6. The highest BCUT2D eigenvalue weighted by molar-refractivity contribution is 6.04. The molecule has 0 radical (unpaired) electrons. The van der Waals surface area contributed by atoms with Crippen molar-refractivity contribution in [1.29, 1.82) is 0 Å². The summed E-state index contributed by atoms with van der Waals surface area (Å²) in [6.07, 6.45) is 2.92. The molecule has 0 bridgehead atoms. The normalized spacial score (nSPS) is 10.5. The van der Waals surface area contributed by atoms with Gasteiger partial charge in [-0.25, -0.2) is 4.79 Å². The van der Waals surface area contributed by atoms with E-state index in [2.05, 4.69) is 10.1 Å². The van der Waals surface area contributed by atoms with E-state index in [4.69, 9.17) is 0 Å². The standard InChI is InChI=1S/C18H17NO3/c1-13-6-9-16(10-7-13)19-18(21)15-5-3-4-14(12-15)8-11-17(20)22-2/h3-12H,1-2H3,(H,19,21). The molecule has 0 spiro atoms. The Bertz CT molecular complexity index is 703. The lowest BCUT2D eigenvalue weighted by Gasteiger charge is -2.06. The van der Waals surface area contributed by atoms with Gasteiger partial charge in [-0.1, -0.05) is 29.8 Å². The van der Waals surface area contributed by atoms with E-state index in [0.717, 1.165) is 16.8 Å². The first kappa shape index (κ1) is 15.5. The van der Waals surface area contributed by atoms with Crippen LogP contribution in [0.2, 0.25) is 0 Å². The highest BCUT2D eigenvalue weighted by Gasteiger charge is 2.06. The van der Waals surface area contributed by atoms with Gasteiger partial charge in [-0.05, 0) is 42.8 Å². The molecule has 112 valence electrons. The number of hydrogen-bond donors (Lipinski definition) is 1. The summed E-state index contributed by atoms with van der Waals surface area (Å²) < 4.78 is 4.53. The SMILES string of the molecule is COC(=O)C=Cc1cccc(C(=O)Nc2ccc(C)cc2)c1. The lowest BCUT2D eigenvalue weighted by molar-refractivity contribution is -0.134. The number of anilines is 1. The number of methoxy groups -OCH3 is 1. The number of hydrogen-bond acceptors (Lipinski definition) is 3. The van der Waals surface area contributed by atoms with Crippen LogP contribution in [0.1, 0.15) is 21.5 Å². The molecule has 0 saturated carbocycles. The molecule has 1 amide bonds. The molecule has 1 N–H and O–H groups in total. The van der Waals surface area contributed by atoms with Crippen LogP contribution < -0.4 is 5.32 Å². The van der Waals surface area contributed by atoms with Crippen molar-refractivity contribution in [3.05, 3.63) is 71.3 Å². The molecule has 2 rings (SSSR count). The average Bonchev–Trinajstić information content (AvgIpc) is 2.55. The number of rotatable bonds is 4. The Morgan fingerprint density at radius 1 is 1.09 bits per heavy atom. The zero-order valence-corrected chi connectivity index (χ0v) is 12.5. The van der Waals surface area contributed by atoms with Crippen molar-refractivity contribution in [3.63, 3.8) is 0 Å². The molecule has 0 aliphatic carbocycles. The summed E-state index contributed by atoms with van der Waals surface area (Å²) in [4.78, 5) is 23.3. The Kier molecular flexibility index (Phi) is 5.09. The lowest BCUT2D eigenvalue weighted by atomic mass is 10.1. The fraction of sp³-hybridized carbons (Fsp3) is 0.111. The van der Waals surface area contributed by atoms with Crippen LogP contribution in [-0.4, -0.2) is 19.0 Å². The van der Waals surface area contributed by atoms with Crippen molar-refractivity contribution in [3.8, 4) is 0 Å². The van der Waals surface area contributed by atoms with E-state index in [-0.39, 0.29) is 5.91 Å². The van der Waals surface area contributed by atoms with Crippen LogP contribution in [-0.2, 0) is 9.53 Å². The number of esters is 1. The van der Waals surface area contributed by atoms with E-state index >= 15 is 0 Å². The molecule has 2 aromatic rings. The van der Waals surface area contributed by atoms with Gasteiger partial charge in [-0.15, -0.1) is 0 Å². The summed E-state index contributed by atoms with van der Waals surface area (Å²) in [5.41, 5.74) is 3.15. The van der Waals surface area contributed by atoms with E-state index in [0.29, 0.717) is 5.56 Å². The third-order valence-electron chi connectivity index (χ3n) is 3.07. The molecule has 0 atom stereocenters. The third-order valence-corrected chi connectivity index (χ3v) is 3.07. The summed E-state index contributed by atoms with van der Waals surface area (Å²) in [6.45, 7) is 1.99. The number of carbonyl (C=O) groups is 2. The number of aryl methyl sites for hydroxylation is 1. The highest BCUT2D eigenvalue weighted by atomic mass is 16.5. The van der Waals surface area contributed by atoms with Gasteiger partial charge in [-0.2, -0.15) is 0 Å². The van der Waals surface area contributed by atoms with Crippen molar-refractivity contribution in [2.75, 3.05) is 12.4 Å². The maximum absolute atomic E-state index is 12.2. The van der Waals surface area contributed by atoms with Crippen LogP contribution in [0.3, 0.4) is 0 Å². The summed E-state index contributed by atoms with van der Waals surface area (Å²) in [5.74, 6) is -0.633. The van der Waals surface area contributed by atoms with E-state index in [9.17, 15) is 9.59 Å². The second kappa shape index (κ2) is 7.22. The van der Waals surface area contributed by atoms with E-state index in [1.165, 1.54) is 13.2 Å². The van der Waals surface area contributed by atoms with Gasteiger partial charge in [0.1, 0.15) is 0 Å². The van der Waals surface area contributed by atoms with Gasteiger partial charge in [0.2, 0.25) is 0 Å². The maximum atomic E-state index is 12.2. The Hall–Kier alpha value is -2.88. The molecular weight excluding hydrogens is 278 g/mol. The summed E-state index contributed by atoms with van der Waals surface area (Å²) in [7, 11) is 1.32. The number of ether oxygens (including phenoxy) is 1. The Balaban J connectivity index is 2.11. The van der Waals surface area contributed by atoms with Crippen LogP contribution in [0.25, 0.3) is 6.08 Å². The van der Waals surface area contributed by atoms with Crippen LogP contribution in [0.5, 0.6) is 0 Å². The van der Waals surface area contributed by atoms with Gasteiger partial charge < -0.3 is 10.1 Å². The molecule has 4 heteroatoms. The highest BCUT2D eigenvalue weighted by Crippen LogP contribution is 2.12. The fourth-order valence-electron chi connectivity index (χ4n) is 1.86. The molecule has 4 nitrogen and oxygen atoms in total. The number of benzene rings is 2. The van der Waals surface area contributed by atoms with E-state index < -0.39 is 5.97 Å². The van der Waals surface area contributed by atoms with Crippen molar-refractivity contribution in [2.24, 2.45) is 0 Å². The third kappa shape index (κ3) is 4.31. The minimum absolute atomic E-state index is 0.197. The molecular formula is C18H17NO3. The second-order valence-electron chi connectivity index (χ2n) is 4.80. The molecule has 2 aromatic carbocycles. The molecule has 0 heterocycles. The van der Waals surface area contributed by atoms with Gasteiger partial charge in [0.25, 0.3) is 5.91 Å². The molecule has 0 fully saturated rings. The molecule has 0 aliphatic heterocycles. The molecule has 0 unspecified atom stereocenters. The van der Waals surface area contributed by atoms with Gasteiger partial charge in [0.15, 0.2) is 0 Å². The number of nitrogens with one attached hydrogen (secondary N) is 1. The van der Waals surface area contributed by atoms with Crippen LogP contribution >= 0.6 is 0 Å². The zero-order valence-electron chi connectivity index (χ0n) is 12.5. The van der Waals surface area contributed by atoms with E-state index in [1.807, 2.05) is 37.3 Å². The van der Waals surface area contributed by atoms with Gasteiger partial charge >= 0.3 is 5.97 Å². The number of carbonyl (C=O) groups excluding carboxylic acids is 2. The van der Waals surface area contributed by atoms with Crippen molar-refractivity contribution in [1.82, 2.24) is 0 Å². The fourth-order valence-corrected chi connectivity index (χ4v) is 1.86. The van der Waals surface area contributed by atoms with E-state index in [1.54, 1.807) is 24.3 Å². The van der Waals surface area contributed by atoms with Gasteiger partial charge in [0.05, 0.1) is 7.11 Å². The lowest BCUT2D eigenvalue weighted by Crippen LogP contribution is -2.11. The summed E-state index contributed by atoms with van der Waals surface area (Å²) in [5, 5.41) is 2.83. The quantitative estimate of drug-likeness (QED) is 0.694. The molecule has 0 aliphatic rings. The summed E-state index contributed by atoms with van der Waals surface area (Å²) in [6, 6.07) is 14.6. The Morgan fingerprint density at radius 3 is 2.50 bits per heavy atom.